The maximum Gasteiger partial charge on any atom is 0.411 e. The topological polar surface area (TPSA) is 77.7 Å². The molecule has 1 aliphatic rings. The van der Waals surface area contributed by atoms with E-state index >= 15 is 0 Å². The number of para-hydroxylation sites is 1. The van der Waals surface area contributed by atoms with Crippen LogP contribution in [0.3, 0.4) is 0 Å². The summed E-state index contributed by atoms with van der Waals surface area (Å²) in [6, 6.07) is 15.9. The van der Waals surface area contributed by atoms with Crippen LogP contribution < -0.4 is 5.32 Å². The van der Waals surface area contributed by atoms with Crippen LogP contribution in [0.1, 0.15) is 70.0 Å². The Morgan fingerprint density at radius 3 is 2.38 bits per heavy atom. The average molecular weight is 531 g/mol. The van der Waals surface area contributed by atoms with Crippen molar-refractivity contribution in [3.63, 3.8) is 0 Å². The van der Waals surface area contributed by atoms with E-state index in [-0.39, 0.29) is 18.0 Å². The molecule has 1 unspecified atom stereocenters. The summed E-state index contributed by atoms with van der Waals surface area (Å²) in [4.78, 5) is 34.0. The second-order valence-corrected chi connectivity index (χ2v) is 12.5. The molecule has 7 heteroatoms. The maximum absolute atomic E-state index is 13.5. The number of H-pyrrole nitrogens is 1. The van der Waals surface area contributed by atoms with E-state index < -0.39 is 17.7 Å². The first kappa shape index (κ1) is 28.3. The van der Waals surface area contributed by atoms with E-state index in [1.54, 1.807) is 4.90 Å². The van der Waals surface area contributed by atoms with Gasteiger partial charge < -0.3 is 19.9 Å². The molecule has 2 heterocycles. The molecule has 39 heavy (non-hydrogen) atoms. The smallest absolute Gasteiger partial charge is 0.411 e. The summed E-state index contributed by atoms with van der Waals surface area (Å²) in [7, 11) is 0. The molecule has 0 fully saturated rings. The Balaban J connectivity index is 1.76. The number of carbonyl (C=O) groups is 2. The SMILES string of the molecule is C=C(C1c2[nH]c3ccccc3c2CCN1C(=O)OC(C)(C)C)N(CC(=O)NC(C)(C)C)Cc1ccc(C)cc1. The molecule has 0 saturated heterocycles. The Morgan fingerprint density at radius 1 is 1.08 bits per heavy atom. The van der Waals surface area contributed by atoms with Gasteiger partial charge >= 0.3 is 6.09 Å². The number of nitrogens with one attached hydrogen (secondary N) is 2. The lowest BCUT2D eigenvalue weighted by molar-refractivity contribution is -0.123. The highest BCUT2D eigenvalue weighted by molar-refractivity contribution is 5.86. The van der Waals surface area contributed by atoms with Crippen LogP contribution in [0.25, 0.3) is 10.9 Å². The zero-order valence-electron chi connectivity index (χ0n) is 24.4. The first-order chi connectivity index (χ1) is 18.2. The molecule has 4 rings (SSSR count). The van der Waals surface area contributed by atoms with Crippen molar-refractivity contribution in [2.75, 3.05) is 13.1 Å². The number of hydrogen-bond donors (Lipinski definition) is 2. The minimum Gasteiger partial charge on any atom is -0.444 e. The summed E-state index contributed by atoms with van der Waals surface area (Å²) in [5, 5.41) is 4.22. The van der Waals surface area contributed by atoms with E-state index in [9.17, 15) is 9.59 Å². The molecule has 0 bridgehead atoms. The molecule has 7 nitrogen and oxygen atoms in total. The normalized spacial score (nSPS) is 15.6. The molecule has 208 valence electrons. The number of aromatic amines is 1. The van der Waals surface area contributed by atoms with Gasteiger partial charge in [0.15, 0.2) is 0 Å². The number of ether oxygens (including phenoxy) is 1. The van der Waals surface area contributed by atoms with E-state index in [0.29, 0.717) is 25.2 Å². The summed E-state index contributed by atoms with van der Waals surface area (Å²) >= 11 is 0. The Bertz CT molecular complexity index is 1360. The Labute approximate surface area is 232 Å². The molecule has 1 aromatic heterocycles. The van der Waals surface area contributed by atoms with E-state index in [1.165, 1.54) is 11.1 Å². The maximum atomic E-state index is 13.5. The first-order valence-electron chi connectivity index (χ1n) is 13.6. The van der Waals surface area contributed by atoms with Gasteiger partial charge in [0.1, 0.15) is 11.6 Å². The van der Waals surface area contributed by atoms with Crippen LogP contribution in [0.2, 0.25) is 0 Å². The quantitative estimate of drug-likeness (QED) is 0.395. The van der Waals surface area contributed by atoms with Gasteiger partial charge in [-0.1, -0.05) is 54.6 Å². The van der Waals surface area contributed by atoms with Gasteiger partial charge in [0.2, 0.25) is 5.91 Å². The minimum absolute atomic E-state index is 0.104. The third-order valence-corrected chi connectivity index (χ3v) is 6.73. The van der Waals surface area contributed by atoms with Crippen molar-refractivity contribution in [2.24, 2.45) is 0 Å². The molecular formula is C32H42N4O3. The van der Waals surface area contributed by atoms with Crippen LogP contribution in [-0.2, 0) is 22.5 Å². The van der Waals surface area contributed by atoms with Gasteiger partial charge in [-0.3, -0.25) is 9.69 Å². The van der Waals surface area contributed by atoms with E-state index in [2.05, 4.69) is 54.1 Å². The van der Waals surface area contributed by atoms with E-state index in [1.807, 2.05) is 64.6 Å². The molecule has 1 atom stereocenters. The lowest BCUT2D eigenvalue weighted by Crippen LogP contribution is -2.49. The predicted molar refractivity (Wildman–Crippen MR) is 156 cm³/mol. The third kappa shape index (κ3) is 6.83. The number of amides is 2. The highest BCUT2D eigenvalue weighted by Gasteiger charge is 2.39. The highest BCUT2D eigenvalue weighted by Crippen LogP contribution is 2.40. The van der Waals surface area contributed by atoms with Gasteiger partial charge in [-0.25, -0.2) is 4.79 Å². The van der Waals surface area contributed by atoms with Crippen molar-refractivity contribution in [3.05, 3.63) is 83.2 Å². The lowest BCUT2D eigenvalue weighted by atomic mass is 9.95. The van der Waals surface area contributed by atoms with Crippen molar-refractivity contribution in [1.82, 2.24) is 20.1 Å². The van der Waals surface area contributed by atoms with Crippen molar-refractivity contribution < 1.29 is 14.3 Å². The van der Waals surface area contributed by atoms with Crippen LogP contribution >= 0.6 is 0 Å². The number of nitrogens with zero attached hydrogens (tertiary/aromatic N) is 2. The zero-order chi connectivity index (χ0) is 28.5. The summed E-state index contributed by atoms with van der Waals surface area (Å²) in [5.41, 5.74) is 4.99. The summed E-state index contributed by atoms with van der Waals surface area (Å²) in [6.45, 7) is 19.1. The van der Waals surface area contributed by atoms with Gasteiger partial charge in [0.05, 0.1) is 6.54 Å². The van der Waals surface area contributed by atoms with Crippen LogP contribution in [-0.4, -0.2) is 51.0 Å². The van der Waals surface area contributed by atoms with Crippen molar-refractivity contribution in [2.45, 2.75) is 78.6 Å². The van der Waals surface area contributed by atoms with Crippen molar-refractivity contribution in [1.29, 1.82) is 0 Å². The zero-order valence-corrected chi connectivity index (χ0v) is 24.4. The molecule has 2 amide bonds. The van der Waals surface area contributed by atoms with Gasteiger partial charge in [0.25, 0.3) is 0 Å². The fourth-order valence-corrected chi connectivity index (χ4v) is 5.08. The van der Waals surface area contributed by atoms with Gasteiger partial charge in [-0.05, 0) is 72.1 Å². The van der Waals surface area contributed by atoms with Crippen molar-refractivity contribution >= 4 is 22.9 Å². The molecule has 0 spiro atoms. The number of aromatic nitrogens is 1. The highest BCUT2D eigenvalue weighted by atomic mass is 16.6. The van der Waals surface area contributed by atoms with E-state index in [4.69, 9.17) is 4.74 Å². The van der Waals surface area contributed by atoms with Gasteiger partial charge in [0, 0.05) is 40.9 Å². The van der Waals surface area contributed by atoms with Crippen LogP contribution in [0, 0.1) is 6.92 Å². The number of fused-ring (bicyclic) bond motifs is 3. The fourth-order valence-electron chi connectivity index (χ4n) is 5.08. The first-order valence-corrected chi connectivity index (χ1v) is 13.6. The second kappa shape index (κ2) is 10.8. The average Bonchev–Trinajstić information content (AvgIpc) is 3.20. The van der Waals surface area contributed by atoms with Gasteiger partial charge in [-0.15, -0.1) is 0 Å². The third-order valence-electron chi connectivity index (χ3n) is 6.73. The second-order valence-electron chi connectivity index (χ2n) is 12.5. The number of aryl methyl sites for hydroxylation is 1. The molecule has 2 N–H and O–H groups in total. The largest absolute Gasteiger partial charge is 0.444 e. The predicted octanol–water partition coefficient (Wildman–Crippen LogP) is 6.24. The van der Waals surface area contributed by atoms with Crippen LogP contribution in [0.5, 0.6) is 0 Å². The van der Waals surface area contributed by atoms with Crippen LogP contribution in [0.4, 0.5) is 4.79 Å². The summed E-state index contributed by atoms with van der Waals surface area (Å²) in [6.07, 6.45) is 0.303. The molecule has 0 aliphatic carbocycles. The molecule has 2 aromatic carbocycles. The van der Waals surface area contributed by atoms with Gasteiger partial charge in [-0.2, -0.15) is 0 Å². The molecule has 0 radical (unpaired) electrons. The molecule has 0 saturated carbocycles. The molecule has 1 aliphatic heterocycles. The number of hydrogen-bond acceptors (Lipinski definition) is 4. The molecular weight excluding hydrogens is 488 g/mol. The Kier molecular flexibility index (Phi) is 7.82. The fraction of sp³-hybridized carbons (Fsp3) is 0.438. The number of rotatable bonds is 6. The Morgan fingerprint density at radius 2 is 1.74 bits per heavy atom. The number of benzene rings is 2. The lowest BCUT2D eigenvalue weighted by Gasteiger charge is -2.41. The summed E-state index contributed by atoms with van der Waals surface area (Å²) < 4.78 is 5.84. The number of carbonyl (C=O) groups excluding carboxylic acids is 2. The Hall–Kier alpha value is -3.74. The van der Waals surface area contributed by atoms with E-state index in [0.717, 1.165) is 22.2 Å². The standard InChI is InChI=1S/C32H42N4O3/c1-21-13-15-23(16-14-21)19-35(20-27(37)34-31(3,4)5)22(2)29-28-25(24-11-9-10-12-26(24)33-28)17-18-36(29)30(38)39-32(6,7)8/h9-16,29,33H,2,17-20H2,1,3-8H3,(H,34,37). The van der Waals surface area contributed by atoms with Crippen LogP contribution in [0.15, 0.2) is 60.8 Å². The minimum atomic E-state index is -0.641. The molecule has 3 aromatic rings. The monoisotopic (exact) mass is 530 g/mol. The summed E-state index contributed by atoms with van der Waals surface area (Å²) in [5.74, 6) is -0.104. The van der Waals surface area contributed by atoms with Crippen molar-refractivity contribution in [3.8, 4) is 0 Å².